The normalized spacial score (nSPS) is 12.0. The van der Waals surface area contributed by atoms with Gasteiger partial charge in [0.2, 0.25) is 0 Å². The topological polar surface area (TPSA) is 61.4 Å². The van der Waals surface area contributed by atoms with Gasteiger partial charge in [-0.1, -0.05) is 42.5 Å². The number of alkyl halides is 3. The average molecular weight is 745 g/mol. The van der Waals surface area contributed by atoms with Gasteiger partial charge in [0.25, 0.3) is 0 Å². The molecule has 0 N–H and O–H groups in total. The van der Waals surface area contributed by atoms with Crippen molar-refractivity contribution in [3.63, 3.8) is 0 Å². The highest BCUT2D eigenvalue weighted by atomic mass is 19.4. The molecule has 0 aliphatic heterocycles. The largest absolute Gasteiger partial charge is 0.418 e. The number of benzene rings is 6. The van der Waals surface area contributed by atoms with Crippen molar-refractivity contribution < 1.29 is 22.0 Å². The zero-order valence-electron chi connectivity index (χ0n) is 29.0. The van der Waals surface area contributed by atoms with Crippen LogP contribution in [0.1, 0.15) is 5.56 Å². The van der Waals surface area contributed by atoms with Crippen LogP contribution in [0.5, 0.6) is 0 Å². The zero-order chi connectivity index (χ0) is 38.1. The van der Waals surface area contributed by atoms with Crippen LogP contribution in [-0.4, -0.2) is 29.1 Å². The minimum atomic E-state index is -4.90. The Morgan fingerprint density at radius 3 is 1.39 bits per heavy atom. The second-order valence-electron chi connectivity index (χ2n) is 13.3. The van der Waals surface area contributed by atoms with Gasteiger partial charge in [-0.3, -0.25) is 0 Å². The number of hydrogen-bond donors (Lipinski definition) is 0. The summed E-state index contributed by atoms with van der Waals surface area (Å²) in [6, 6.07) is 34.2. The van der Waals surface area contributed by atoms with Gasteiger partial charge in [0, 0.05) is 63.0 Å². The molecule has 0 atom stereocenters. The van der Waals surface area contributed by atoms with Gasteiger partial charge in [-0.2, -0.15) is 13.2 Å². The number of halogens is 5. The zero-order valence-corrected chi connectivity index (χ0v) is 29.0. The van der Waals surface area contributed by atoms with Crippen LogP contribution >= 0.6 is 0 Å². The predicted molar refractivity (Wildman–Crippen MR) is 208 cm³/mol. The van der Waals surface area contributed by atoms with E-state index in [2.05, 4.69) is 19.9 Å². The summed E-state index contributed by atoms with van der Waals surface area (Å²) in [4.78, 5) is 17.5. The molecule has 0 aliphatic rings. The molecular formula is C45H25F5N6. The molecule has 0 unspecified atom stereocenters. The van der Waals surface area contributed by atoms with Gasteiger partial charge in [0.1, 0.15) is 11.6 Å². The second-order valence-corrected chi connectivity index (χ2v) is 13.3. The van der Waals surface area contributed by atoms with E-state index in [0.717, 1.165) is 23.6 Å². The van der Waals surface area contributed by atoms with Gasteiger partial charge in [0.05, 0.1) is 44.6 Å². The lowest BCUT2D eigenvalue weighted by Crippen LogP contribution is -2.13. The monoisotopic (exact) mass is 744 g/mol. The van der Waals surface area contributed by atoms with Gasteiger partial charge in [-0.05, 0) is 84.9 Å². The van der Waals surface area contributed by atoms with Gasteiger partial charge >= 0.3 is 6.18 Å². The molecule has 4 heterocycles. The van der Waals surface area contributed by atoms with Crippen LogP contribution in [0.4, 0.5) is 22.0 Å². The number of nitrogens with zero attached hydrogens (tertiary/aromatic N) is 6. The molecule has 10 rings (SSSR count). The van der Waals surface area contributed by atoms with Crippen molar-refractivity contribution in [2.24, 2.45) is 0 Å². The van der Waals surface area contributed by atoms with Crippen LogP contribution in [0.3, 0.4) is 0 Å². The summed E-state index contributed by atoms with van der Waals surface area (Å²) >= 11 is 0. The fraction of sp³-hybridized carbons (Fsp3) is 0.0222. The highest BCUT2D eigenvalue weighted by Crippen LogP contribution is 2.46. The molecule has 0 saturated heterocycles. The van der Waals surface area contributed by atoms with Crippen molar-refractivity contribution in [2.45, 2.75) is 6.18 Å². The molecule has 270 valence electrons. The van der Waals surface area contributed by atoms with E-state index in [1.165, 1.54) is 16.7 Å². The Morgan fingerprint density at radius 2 is 0.893 bits per heavy atom. The number of aromatic nitrogens is 6. The molecule has 56 heavy (non-hydrogen) atoms. The Hall–Kier alpha value is -7.27. The maximum Gasteiger partial charge on any atom is 0.418 e. The molecule has 0 aliphatic carbocycles. The molecule has 10 aromatic rings. The van der Waals surface area contributed by atoms with Gasteiger partial charge in [-0.15, -0.1) is 0 Å². The summed E-state index contributed by atoms with van der Waals surface area (Å²) in [5, 5.41) is 2.75. The summed E-state index contributed by atoms with van der Waals surface area (Å²) < 4.78 is 82.4. The molecule has 6 nitrogen and oxygen atoms in total. The first-order valence-corrected chi connectivity index (χ1v) is 17.6. The Bertz CT molecular complexity index is 3130. The lowest BCUT2D eigenvalue weighted by atomic mass is 9.97. The smallest absolute Gasteiger partial charge is 0.309 e. The van der Waals surface area contributed by atoms with Crippen molar-refractivity contribution in [3.8, 4) is 45.3 Å². The number of para-hydroxylation sites is 2. The molecule has 6 aromatic carbocycles. The second kappa shape index (κ2) is 12.7. The quantitative estimate of drug-likeness (QED) is 0.165. The van der Waals surface area contributed by atoms with Crippen LogP contribution < -0.4 is 0 Å². The Balaban J connectivity index is 1.32. The third kappa shape index (κ3) is 5.23. The molecule has 0 fully saturated rings. The van der Waals surface area contributed by atoms with Crippen molar-refractivity contribution in [1.29, 1.82) is 0 Å². The molecule has 4 aromatic heterocycles. The average Bonchev–Trinajstić information content (AvgIpc) is 3.73. The molecule has 0 spiro atoms. The summed E-state index contributed by atoms with van der Waals surface area (Å²) in [7, 11) is 0. The van der Waals surface area contributed by atoms with E-state index in [9.17, 15) is 0 Å². The lowest BCUT2D eigenvalue weighted by Gasteiger charge is -2.22. The van der Waals surface area contributed by atoms with Crippen LogP contribution in [0.15, 0.2) is 152 Å². The summed E-state index contributed by atoms with van der Waals surface area (Å²) in [6.45, 7) is 0. The molecule has 0 amide bonds. The third-order valence-corrected chi connectivity index (χ3v) is 10.1. The number of hydrogen-bond acceptors (Lipinski definition) is 4. The van der Waals surface area contributed by atoms with Gasteiger partial charge < -0.3 is 9.13 Å². The highest BCUT2D eigenvalue weighted by molar-refractivity contribution is 6.12. The maximum absolute atomic E-state index is 16.0. The van der Waals surface area contributed by atoms with Crippen LogP contribution in [-0.2, 0) is 6.18 Å². The third-order valence-electron chi connectivity index (χ3n) is 10.1. The van der Waals surface area contributed by atoms with E-state index in [1.807, 2.05) is 36.4 Å². The molecule has 0 saturated carbocycles. The minimum Gasteiger partial charge on any atom is -0.309 e. The lowest BCUT2D eigenvalue weighted by molar-refractivity contribution is -0.137. The van der Waals surface area contributed by atoms with Crippen LogP contribution in [0.25, 0.3) is 88.9 Å². The van der Waals surface area contributed by atoms with Crippen molar-refractivity contribution in [3.05, 3.63) is 169 Å². The number of rotatable bonds is 5. The van der Waals surface area contributed by atoms with Crippen LogP contribution in [0, 0.1) is 11.6 Å². The van der Waals surface area contributed by atoms with E-state index in [1.54, 1.807) is 90.0 Å². The summed E-state index contributed by atoms with van der Waals surface area (Å²) in [5.41, 5.74) is 1.50. The van der Waals surface area contributed by atoms with Crippen molar-refractivity contribution >= 4 is 43.6 Å². The Labute approximate surface area is 314 Å². The van der Waals surface area contributed by atoms with Gasteiger partial charge in [0.15, 0.2) is 11.6 Å². The van der Waals surface area contributed by atoms with E-state index >= 15 is 22.0 Å². The fourth-order valence-corrected chi connectivity index (χ4v) is 7.77. The van der Waals surface area contributed by atoms with Gasteiger partial charge in [-0.25, -0.2) is 28.7 Å². The first-order valence-electron chi connectivity index (χ1n) is 17.6. The van der Waals surface area contributed by atoms with Crippen molar-refractivity contribution in [1.82, 2.24) is 29.1 Å². The van der Waals surface area contributed by atoms with Crippen LogP contribution in [0.2, 0.25) is 0 Å². The molecule has 0 bridgehead atoms. The van der Waals surface area contributed by atoms with Crippen molar-refractivity contribution in [2.75, 3.05) is 0 Å². The predicted octanol–water partition coefficient (Wildman–Crippen LogP) is 11.8. The van der Waals surface area contributed by atoms with E-state index < -0.39 is 28.9 Å². The fourth-order valence-electron chi connectivity index (χ4n) is 7.77. The Kier molecular flexibility index (Phi) is 7.53. The minimum absolute atomic E-state index is 0.0516. The van der Waals surface area contributed by atoms with E-state index in [4.69, 9.17) is 0 Å². The summed E-state index contributed by atoms with van der Waals surface area (Å²) in [5.74, 6) is -0.913. The SMILES string of the molecule is Fc1cccc(F)c1-c1cc(-n2c3ccccc3c3cc(-c4ncccn4)ccc32)c(C(F)(F)F)cc1-n1c2ccccc2c2cc(-c3ncccn3)ccc21. The Morgan fingerprint density at radius 1 is 0.429 bits per heavy atom. The molecule has 0 radical (unpaired) electrons. The molecule has 11 heteroatoms. The van der Waals surface area contributed by atoms with E-state index in [0.29, 0.717) is 61.0 Å². The molecular weight excluding hydrogens is 720 g/mol. The maximum atomic E-state index is 16.0. The number of fused-ring (bicyclic) bond motifs is 6. The van der Waals surface area contributed by atoms with E-state index in [-0.39, 0.29) is 16.9 Å². The highest BCUT2D eigenvalue weighted by Gasteiger charge is 2.37. The summed E-state index contributed by atoms with van der Waals surface area (Å²) in [6.07, 6.45) is 1.58. The first kappa shape index (κ1) is 33.3. The standard InChI is InChI=1S/C45H25F5N6/c46-34-10-5-11-35(47)42(34)32-24-41(56-37-13-4-2-9-29(37)31-23-27(15-17-39(31)56)44-53-20-7-21-54-44)33(45(48,49)50)25-40(32)55-36-12-3-1-8-28(36)30-22-26(14-16-38(30)55)43-51-18-6-19-52-43/h1-25H. The first-order chi connectivity index (χ1) is 27.3.